The molecule has 0 saturated carbocycles. The van der Waals surface area contributed by atoms with Crippen LogP contribution in [0.1, 0.15) is 40.0 Å². The number of rotatable bonds is 4. The van der Waals surface area contributed by atoms with Crippen LogP contribution in [0.4, 0.5) is 0 Å². The number of thiophene rings is 1. The second kappa shape index (κ2) is 5.37. The maximum absolute atomic E-state index is 12.1. The van der Waals surface area contributed by atoms with Gasteiger partial charge in [-0.05, 0) is 45.5 Å². The zero-order chi connectivity index (χ0) is 12.4. The minimum atomic E-state index is 0.109. The molecule has 90 valence electrons. The van der Waals surface area contributed by atoms with Crippen LogP contribution in [-0.2, 0) is 6.42 Å². The molecular weight excluding hydrogens is 320 g/mol. The Hall–Kier alpha value is -0.590. The quantitative estimate of drug-likeness (QED) is 0.798. The Balaban J connectivity index is 2.17. The van der Waals surface area contributed by atoms with E-state index in [-0.39, 0.29) is 11.7 Å². The zero-order valence-corrected chi connectivity index (χ0v) is 12.7. The van der Waals surface area contributed by atoms with Crippen molar-refractivity contribution in [1.82, 2.24) is 9.59 Å². The van der Waals surface area contributed by atoms with Crippen LogP contribution in [0.3, 0.4) is 0 Å². The maximum Gasteiger partial charge on any atom is 0.181 e. The Morgan fingerprint density at radius 1 is 1.47 bits per heavy atom. The fraction of sp³-hybridized carbons (Fsp3) is 0.364. The van der Waals surface area contributed by atoms with Gasteiger partial charge in [0.25, 0.3) is 0 Å². The van der Waals surface area contributed by atoms with Crippen molar-refractivity contribution in [1.29, 1.82) is 0 Å². The number of hydrogen-bond donors (Lipinski definition) is 0. The van der Waals surface area contributed by atoms with E-state index in [4.69, 9.17) is 0 Å². The third kappa shape index (κ3) is 3.00. The van der Waals surface area contributed by atoms with Gasteiger partial charge < -0.3 is 0 Å². The summed E-state index contributed by atoms with van der Waals surface area (Å²) in [5.74, 6) is 0.348. The molecule has 0 bridgehead atoms. The number of Topliss-reactive ketones (excluding diaryl/α,β-unsaturated/α-hetero) is 1. The van der Waals surface area contributed by atoms with Crippen molar-refractivity contribution in [3.8, 4) is 0 Å². The molecule has 0 aliphatic heterocycles. The molecule has 6 heteroatoms. The monoisotopic (exact) mass is 330 g/mol. The van der Waals surface area contributed by atoms with E-state index < -0.39 is 0 Å². The predicted octanol–water partition coefficient (Wildman–Crippen LogP) is 3.91. The van der Waals surface area contributed by atoms with Crippen LogP contribution in [0.15, 0.2) is 15.9 Å². The molecule has 0 aliphatic rings. The Bertz CT molecular complexity index is 533. The summed E-state index contributed by atoms with van der Waals surface area (Å²) in [6, 6.07) is 3.93. The summed E-state index contributed by atoms with van der Waals surface area (Å²) in [6.45, 7) is 4.05. The number of hydrogen-bond acceptors (Lipinski definition) is 5. The molecule has 17 heavy (non-hydrogen) atoms. The Morgan fingerprint density at radius 2 is 2.24 bits per heavy atom. The van der Waals surface area contributed by atoms with Crippen LogP contribution in [0, 0.1) is 0 Å². The molecule has 0 fully saturated rings. The summed E-state index contributed by atoms with van der Waals surface area (Å²) in [5.41, 5.74) is 0.815. The fourth-order valence-electron chi connectivity index (χ4n) is 1.45. The van der Waals surface area contributed by atoms with E-state index in [0.29, 0.717) is 11.3 Å². The topological polar surface area (TPSA) is 42.9 Å². The predicted molar refractivity (Wildman–Crippen MR) is 74.1 cm³/mol. The number of aromatic nitrogens is 2. The number of ketones is 1. The van der Waals surface area contributed by atoms with E-state index in [1.54, 1.807) is 11.3 Å². The van der Waals surface area contributed by atoms with Crippen LogP contribution < -0.4 is 0 Å². The van der Waals surface area contributed by atoms with Gasteiger partial charge >= 0.3 is 0 Å². The highest BCUT2D eigenvalue weighted by molar-refractivity contribution is 9.11. The first-order valence-electron chi connectivity index (χ1n) is 5.17. The summed E-state index contributed by atoms with van der Waals surface area (Å²) in [4.78, 5) is 13.9. The number of carbonyl (C=O) groups is 1. The van der Waals surface area contributed by atoms with Crippen LogP contribution in [0.2, 0.25) is 0 Å². The van der Waals surface area contributed by atoms with Gasteiger partial charge in [-0.25, -0.2) is 0 Å². The van der Waals surface area contributed by atoms with Crippen molar-refractivity contribution in [2.45, 2.75) is 26.2 Å². The molecule has 0 N–H and O–H groups in total. The summed E-state index contributed by atoms with van der Waals surface area (Å²) >= 11 is 6.18. The molecule has 0 aliphatic carbocycles. The van der Waals surface area contributed by atoms with Crippen molar-refractivity contribution in [2.24, 2.45) is 0 Å². The van der Waals surface area contributed by atoms with Crippen LogP contribution >= 0.6 is 38.8 Å². The molecule has 2 rings (SSSR count). The molecule has 0 unspecified atom stereocenters. The van der Waals surface area contributed by atoms with Crippen LogP contribution in [0.5, 0.6) is 0 Å². The first-order chi connectivity index (χ1) is 8.08. The third-order valence-electron chi connectivity index (χ3n) is 2.28. The molecule has 3 nitrogen and oxygen atoms in total. The highest BCUT2D eigenvalue weighted by atomic mass is 79.9. The van der Waals surface area contributed by atoms with Crippen molar-refractivity contribution in [2.75, 3.05) is 0 Å². The lowest BCUT2D eigenvalue weighted by Gasteiger charge is -2.02. The SMILES string of the molecule is CC(C)c1nnsc1C(=O)Cc1ccc(Br)s1. The van der Waals surface area contributed by atoms with Gasteiger partial charge in [-0.2, -0.15) is 0 Å². The van der Waals surface area contributed by atoms with Gasteiger partial charge in [0.1, 0.15) is 4.88 Å². The van der Waals surface area contributed by atoms with Crippen LogP contribution in [0.25, 0.3) is 0 Å². The molecule has 2 aromatic heterocycles. The van der Waals surface area contributed by atoms with Gasteiger partial charge in [0, 0.05) is 11.3 Å². The molecule has 2 aromatic rings. The summed E-state index contributed by atoms with van der Waals surface area (Å²) < 4.78 is 4.92. The lowest BCUT2D eigenvalue weighted by molar-refractivity contribution is 0.0996. The lowest BCUT2D eigenvalue weighted by Crippen LogP contribution is -2.04. The number of halogens is 1. The Kier molecular flexibility index (Phi) is 4.06. The molecule has 0 saturated heterocycles. The normalized spacial score (nSPS) is 11.1. The number of nitrogens with zero attached hydrogens (tertiary/aromatic N) is 2. The average molecular weight is 331 g/mol. The van der Waals surface area contributed by atoms with E-state index in [2.05, 4.69) is 25.5 Å². The maximum atomic E-state index is 12.1. The highest BCUT2D eigenvalue weighted by Gasteiger charge is 2.19. The van der Waals surface area contributed by atoms with Gasteiger partial charge in [-0.15, -0.1) is 16.4 Å². The summed E-state index contributed by atoms with van der Waals surface area (Å²) in [6.07, 6.45) is 0.430. The second-order valence-corrected chi connectivity index (χ2v) is 7.25. The molecule has 0 atom stereocenters. The van der Waals surface area contributed by atoms with Gasteiger partial charge in [-0.3, -0.25) is 4.79 Å². The highest BCUT2D eigenvalue weighted by Crippen LogP contribution is 2.26. The minimum Gasteiger partial charge on any atom is -0.293 e. The van der Waals surface area contributed by atoms with Gasteiger partial charge in [0.05, 0.1) is 9.48 Å². The summed E-state index contributed by atoms with van der Waals surface area (Å²) in [7, 11) is 0. The van der Waals surface area contributed by atoms with E-state index in [9.17, 15) is 4.79 Å². The van der Waals surface area contributed by atoms with Crippen LogP contribution in [-0.4, -0.2) is 15.4 Å². The standard InChI is InChI=1S/C11H11BrN2OS2/c1-6(2)10-11(17-14-13-10)8(15)5-7-3-4-9(12)16-7/h3-4,6H,5H2,1-2H3. The smallest absolute Gasteiger partial charge is 0.181 e. The van der Waals surface area contributed by atoms with E-state index in [1.165, 1.54) is 11.5 Å². The molecule has 0 amide bonds. The van der Waals surface area contributed by atoms with E-state index >= 15 is 0 Å². The molecule has 2 heterocycles. The van der Waals surface area contributed by atoms with Crippen molar-refractivity contribution >= 4 is 44.6 Å². The first-order valence-corrected chi connectivity index (χ1v) is 7.56. The Labute approximate surface area is 116 Å². The molecule has 0 radical (unpaired) electrons. The van der Waals surface area contributed by atoms with Gasteiger partial charge in [-0.1, -0.05) is 18.3 Å². The van der Waals surface area contributed by atoms with Gasteiger partial charge in [0.15, 0.2) is 5.78 Å². The fourth-order valence-corrected chi connectivity index (χ4v) is 3.69. The summed E-state index contributed by atoms with van der Waals surface area (Å²) in [5, 5.41) is 4.03. The van der Waals surface area contributed by atoms with Gasteiger partial charge in [0.2, 0.25) is 0 Å². The zero-order valence-electron chi connectivity index (χ0n) is 9.44. The largest absolute Gasteiger partial charge is 0.293 e. The lowest BCUT2D eigenvalue weighted by atomic mass is 10.1. The van der Waals surface area contributed by atoms with Crippen molar-refractivity contribution in [3.63, 3.8) is 0 Å². The molecule has 0 aromatic carbocycles. The Morgan fingerprint density at radius 3 is 2.82 bits per heavy atom. The number of carbonyl (C=O) groups excluding carboxylic acids is 1. The van der Waals surface area contributed by atoms with E-state index in [1.807, 2.05) is 26.0 Å². The third-order valence-corrected chi connectivity index (χ3v) is 4.68. The average Bonchev–Trinajstić information content (AvgIpc) is 2.86. The van der Waals surface area contributed by atoms with E-state index in [0.717, 1.165) is 14.4 Å². The second-order valence-electron chi connectivity index (χ2n) is 3.95. The first kappa shape index (κ1) is 12.9. The molecule has 0 spiro atoms. The minimum absolute atomic E-state index is 0.109. The molecular formula is C11H11BrN2OS2. The van der Waals surface area contributed by atoms with Crippen molar-refractivity contribution < 1.29 is 4.79 Å². The van der Waals surface area contributed by atoms with Crippen molar-refractivity contribution in [3.05, 3.63) is 31.4 Å².